The van der Waals surface area contributed by atoms with Crippen molar-refractivity contribution in [1.29, 1.82) is 0 Å². The van der Waals surface area contributed by atoms with Crippen molar-refractivity contribution >= 4 is 39.1 Å². The Kier molecular flexibility index (Phi) is 4.62. The van der Waals surface area contributed by atoms with Gasteiger partial charge in [0.2, 0.25) is 15.9 Å². The van der Waals surface area contributed by atoms with E-state index < -0.39 is 14.4 Å². The quantitative estimate of drug-likeness (QED) is 0.801. The van der Waals surface area contributed by atoms with Crippen molar-refractivity contribution < 1.29 is 13.2 Å². The topological polar surface area (TPSA) is 66.5 Å². The summed E-state index contributed by atoms with van der Waals surface area (Å²) in [5.74, 6) is -0.538. The van der Waals surface area contributed by atoms with Crippen molar-refractivity contribution in [2.75, 3.05) is 13.1 Å². The average molecular weight is 377 g/mol. The van der Waals surface area contributed by atoms with Crippen LogP contribution in [0, 0.1) is 5.92 Å². The van der Waals surface area contributed by atoms with E-state index >= 15 is 0 Å². The van der Waals surface area contributed by atoms with Gasteiger partial charge in [-0.05, 0) is 37.0 Å². The molecule has 3 rings (SSSR count). The van der Waals surface area contributed by atoms with E-state index in [0.717, 1.165) is 18.4 Å². The van der Waals surface area contributed by atoms with Gasteiger partial charge in [-0.1, -0.05) is 12.1 Å². The molecule has 1 unspecified atom stereocenters. The van der Waals surface area contributed by atoms with Gasteiger partial charge < -0.3 is 5.32 Å². The fraction of sp³-hybridized carbons (Fsp3) is 0.533. The van der Waals surface area contributed by atoms with Crippen molar-refractivity contribution in [2.45, 2.75) is 35.0 Å². The largest absolute Gasteiger partial charge is 0.352 e. The molecule has 2 fully saturated rings. The maximum Gasteiger partial charge on any atom is 0.243 e. The fourth-order valence-electron chi connectivity index (χ4n) is 2.67. The SMILES string of the molecule is O=C(NCc1ccc(S(=O)(=O)N2CCCC2)cc1)C1CC1(Cl)Cl. The highest BCUT2D eigenvalue weighted by atomic mass is 35.5. The van der Waals surface area contributed by atoms with E-state index in [1.165, 1.54) is 4.31 Å². The molecule has 1 aliphatic carbocycles. The Balaban J connectivity index is 1.60. The number of halogens is 2. The molecule has 0 spiro atoms. The number of rotatable bonds is 5. The summed E-state index contributed by atoms with van der Waals surface area (Å²) < 4.78 is 25.4. The maximum absolute atomic E-state index is 12.4. The average Bonchev–Trinajstić information content (AvgIpc) is 2.94. The van der Waals surface area contributed by atoms with Gasteiger partial charge in [-0.3, -0.25) is 4.79 Å². The highest BCUT2D eigenvalue weighted by Crippen LogP contribution is 2.53. The van der Waals surface area contributed by atoms with Crippen molar-refractivity contribution in [3.63, 3.8) is 0 Å². The van der Waals surface area contributed by atoms with E-state index in [-0.39, 0.29) is 16.7 Å². The van der Waals surface area contributed by atoms with Gasteiger partial charge in [0, 0.05) is 19.6 Å². The Hall–Kier alpha value is -0.820. The summed E-state index contributed by atoms with van der Waals surface area (Å²) in [7, 11) is -3.39. The van der Waals surface area contributed by atoms with Crippen molar-refractivity contribution in [2.24, 2.45) is 5.92 Å². The van der Waals surface area contributed by atoms with E-state index in [2.05, 4.69) is 5.32 Å². The summed E-state index contributed by atoms with van der Waals surface area (Å²) in [5.41, 5.74) is 0.828. The molecule has 1 heterocycles. The molecule has 1 aliphatic heterocycles. The second kappa shape index (κ2) is 6.24. The number of carbonyl (C=O) groups excluding carboxylic acids is 1. The van der Waals surface area contributed by atoms with Gasteiger partial charge >= 0.3 is 0 Å². The molecule has 1 aromatic rings. The monoisotopic (exact) mass is 376 g/mol. The van der Waals surface area contributed by atoms with Crippen LogP contribution < -0.4 is 5.32 Å². The zero-order valence-electron chi connectivity index (χ0n) is 12.5. The van der Waals surface area contributed by atoms with Crippen LogP contribution in [0.2, 0.25) is 0 Å². The van der Waals surface area contributed by atoms with E-state index in [1.807, 2.05) is 0 Å². The summed E-state index contributed by atoms with van der Waals surface area (Å²) in [6.45, 7) is 1.49. The molecule has 1 amide bonds. The normalized spacial score (nSPS) is 23.7. The molecule has 126 valence electrons. The van der Waals surface area contributed by atoms with Crippen molar-refractivity contribution in [3.8, 4) is 0 Å². The number of hydrogen-bond donors (Lipinski definition) is 1. The first-order valence-electron chi connectivity index (χ1n) is 7.55. The Morgan fingerprint density at radius 2 is 1.78 bits per heavy atom. The molecule has 5 nitrogen and oxygen atoms in total. The third-order valence-corrected chi connectivity index (χ3v) is 6.98. The van der Waals surface area contributed by atoms with Gasteiger partial charge in [-0.25, -0.2) is 8.42 Å². The Bertz CT molecular complexity index is 698. The third kappa shape index (κ3) is 3.65. The van der Waals surface area contributed by atoms with Crippen LogP contribution in [0.5, 0.6) is 0 Å². The van der Waals surface area contributed by atoms with Crippen LogP contribution in [-0.4, -0.2) is 36.1 Å². The molecule has 1 saturated heterocycles. The number of hydrogen-bond acceptors (Lipinski definition) is 3. The number of amides is 1. The second-order valence-electron chi connectivity index (χ2n) is 5.99. The molecule has 1 N–H and O–H groups in total. The van der Waals surface area contributed by atoms with Crippen molar-refractivity contribution in [3.05, 3.63) is 29.8 Å². The molecule has 2 aliphatic rings. The summed E-state index contributed by atoms with van der Waals surface area (Å²) >= 11 is 11.7. The van der Waals surface area contributed by atoms with Crippen LogP contribution in [0.15, 0.2) is 29.2 Å². The van der Waals surface area contributed by atoms with Gasteiger partial charge in [0.15, 0.2) is 0 Å². The molecule has 1 aromatic carbocycles. The third-order valence-electron chi connectivity index (χ3n) is 4.24. The number of alkyl halides is 2. The predicted octanol–water partition coefficient (Wildman–Crippen LogP) is 2.28. The van der Waals surface area contributed by atoms with E-state index in [4.69, 9.17) is 23.2 Å². The lowest BCUT2D eigenvalue weighted by atomic mass is 10.2. The zero-order valence-corrected chi connectivity index (χ0v) is 14.8. The summed E-state index contributed by atoms with van der Waals surface area (Å²) in [5, 5.41) is 2.76. The molecule has 0 aromatic heterocycles. The van der Waals surface area contributed by atoms with Gasteiger partial charge in [0.05, 0.1) is 10.8 Å². The lowest BCUT2D eigenvalue weighted by Crippen LogP contribution is -2.28. The van der Waals surface area contributed by atoms with Gasteiger partial charge in [-0.2, -0.15) is 4.31 Å². The van der Waals surface area contributed by atoms with Crippen LogP contribution in [0.3, 0.4) is 0 Å². The van der Waals surface area contributed by atoms with E-state index in [1.54, 1.807) is 24.3 Å². The van der Waals surface area contributed by atoms with Crippen LogP contribution in [0.4, 0.5) is 0 Å². The van der Waals surface area contributed by atoms with Crippen LogP contribution in [-0.2, 0) is 21.4 Å². The molecule has 1 atom stereocenters. The molecule has 23 heavy (non-hydrogen) atoms. The smallest absolute Gasteiger partial charge is 0.243 e. The van der Waals surface area contributed by atoms with Crippen LogP contribution in [0.1, 0.15) is 24.8 Å². The first kappa shape index (κ1) is 17.0. The molecular weight excluding hydrogens is 359 g/mol. The van der Waals surface area contributed by atoms with Crippen LogP contribution >= 0.6 is 23.2 Å². The first-order valence-corrected chi connectivity index (χ1v) is 9.75. The second-order valence-corrected chi connectivity index (χ2v) is 9.47. The Labute approximate surface area is 146 Å². The van der Waals surface area contributed by atoms with E-state index in [9.17, 15) is 13.2 Å². The molecule has 1 saturated carbocycles. The van der Waals surface area contributed by atoms with E-state index in [0.29, 0.717) is 26.1 Å². The summed E-state index contributed by atoms with van der Waals surface area (Å²) in [6, 6.07) is 6.59. The lowest BCUT2D eigenvalue weighted by Gasteiger charge is -2.15. The van der Waals surface area contributed by atoms with Gasteiger partial charge in [0.1, 0.15) is 4.33 Å². The lowest BCUT2D eigenvalue weighted by molar-refractivity contribution is -0.122. The molecule has 8 heteroatoms. The molecular formula is C15H18Cl2N2O3S. The summed E-state index contributed by atoms with van der Waals surface area (Å²) in [6.07, 6.45) is 2.29. The van der Waals surface area contributed by atoms with Gasteiger partial charge in [0.25, 0.3) is 0 Å². The van der Waals surface area contributed by atoms with Crippen molar-refractivity contribution in [1.82, 2.24) is 9.62 Å². The minimum atomic E-state index is -3.39. The molecule has 0 bridgehead atoms. The van der Waals surface area contributed by atoms with Gasteiger partial charge in [-0.15, -0.1) is 23.2 Å². The summed E-state index contributed by atoms with van der Waals surface area (Å²) in [4.78, 5) is 12.1. The minimum Gasteiger partial charge on any atom is -0.352 e. The minimum absolute atomic E-state index is 0.177. The number of nitrogens with zero attached hydrogens (tertiary/aromatic N) is 1. The maximum atomic E-state index is 12.4. The zero-order chi connectivity index (χ0) is 16.7. The Morgan fingerprint density at radius 1 is 1.22 bits per heavy atom. The highest BCUT2D eigenvalue weighted by Gasteiger charge is 2.56. The number of sulfonamides is 1. The standard InChI is InChI=1S/C15H18Cl2N2O3S/c16-15(17)9-13(15)14(20)18-10-11-3-5-12(6-4-11)23(21,22)19-7-1-2-8-19/h3-6,13H,1-2,7-10H2,(H,18,20). The fourth-order valence-corrected chi connectivity index (χ4v) is 4.69. The Morgan fingerprint density at radius 3 is 2.30 bits per heavy atom. The number of benzene rings is 1. The van der Waals surface area contributed by atoms with Crippen LogP contribution in [0.25, 0.3) is 0 Å². The number of carbonyl (C=O) groups is 1. The molecule has 0 radical (unpaired) electrons. The predicted molar refractivity (Wildman–Crippen MR) is 88.8 cm³/mol. The first-order chi connectivity index (χ1) is 10.8. The highest BCUT2D eigenvalue weighted by molar-refractivity contribution is 7.89. The number of nitrogens with one attached hydrogen (secondary N) is 1.